The fourth-order valence-corrected chi connectivity index (χ4v) is 1.39. The van der Waals surface area contributed by atoms with Crippen LogP contribution in [0.5, 0.6) is 0 Å². The minimum absolute atomic E-state index is 0.00309. The minimum Gasteiger partial charge on any atom is -0.334 e. The van der Waals surface area contributed by atoms with Crippen molar-refractivity contribution in [2.24, 2.45) is 0 Å². The van der Waals surface area contributed by atoms with Crippen molar-refractivity contribution >= 4 is 17.3 Å². The van der Waals surface area contributed by atoms with Gasteiger partial charge in [-0.15, -0.1) is 11.6 Å². The van der Waals surface area contributed by atoms with Crippen LogP contribution >= 0.6 is 11.6 Å². The number of hydrogen-bond acceptors (Lipinski definition) is 5. The summed E-state index contributed by atoms with van der Waals surface area (Å²) in [6.07, 6.45) is 0. The van der Waals surface area contributed by atoms with Crippen molar-refractivity contribution in [2.45, 2.75) is 12.3 Å². The number of halogens is 2. The van der Waals surface area contributed by atoms with Crippen molar-refractivity contribution in [3.8, 4) is 11.5 Å². The molecular formula is C10H7ClFN3O3. The van der Waals surface area contributed by atoms with Crippen LogP contribution in [0.3, 0.4) is 0 Å². The number of aromatic nitrogens is 2. The summed E-state index contributed by atoms with van der Waals surface area (Å²) in [5, 5.41) is 13.6. The fraction of sp³-hybridized carbons (Fsp3) is 0.200. The molecule has 0 aliphatic carbocycles. The summed E-state index contributed by atoms with van der Waals surface area (Å²) in [6.45, 7) is 1.64. The molecule has 0 radical (unpaired) electrons. The molecule has 1 aromatic heterocycles. The summed E-state index contributed by atoms with van der Waals surface area (Å²) in [4.78, 5) is 13.7. The van der Waals surface area contributed by atoms with Gasteiger partial charge in [-0.05, 0) is 13.0 Å². The molecule has 0 aliphatic heterocycles. The summed E-state index contributed by atoms with van der Waals surface area (Å²) < 4.78 is 18.5. The van der Waals surface area contributed by atoms with E-state index >= 15 is 0 Å². The molecule has 18 heavy (non-hydrogen) atoms. The molecule has 94 valence electrons. The number of alkyl halides is 1. The Labute approximate surface area is 106 Å². The van der Waals surface area contributed by atoms with Gasteiger partial charge in [0, 0.05) is 6.07 Å². The topological polar surface area (TPSA) is 82.1 Å². The summed E-state index contributed by atoms with van der Waals surface area (Å²) in [5.41, 5.74) is -0.349. The average Bonchev–Trinajstić information content (AvgIpc) is 2.78. The van der Waals surface area contributed by atoms with Crippen LogP contribution in [0, 0.1) is 15.9 Å². The van der Waals surface area contributed by atoms with E-state index in [0.29, 0.717) is 0 Å². The van der Waals surface area contributed by atoms with Gasteiger partial charge in [-0.3, -0.25) is 10.1 Å². The zero-order valence-electron chi connectivity index (χ0n) is 9.13. The van der Waals surface area contributed by atoms with Crippen molar-refractivity contribution in [1.29, 1.82) is 0 Å². The Hall–Kier alpha value is -2.02. The molecule has 0 amide bonds. The van der Waals surface area contributed by atoms with E-state index in [2.05, 4.69) is 10.1 Å². The van der Waals surface area contributed by atoms with Crippen molar-refractivity contribution in [2.75, 3.05) is 0 Å². The van der Waals surface area contributed by atoms with Crippen LogP contribution in [0.25, 0.3) is 11.5 Å². The minimum atomic E-state index is -0.804. The highest BCUT2D eigenvalue weighted by Gasteiger charge is 2.18. The van der Waals surface area contributed by atoms with E-state index in [1.165, 1.54) is 6.07 Å². The van der Waals surface area contributed by atoms with Gasteiger partial charge in [-0.25, -0.2) is 4.39 Å². The summed E-state index contributed by atoms with van der Waals surface area (Å²) >= 11 is 5.74. The first-order chi connectivity index (χ1) is 8.49. The lowest BCUT2D eigenvalue weighted by atomic mass is 10.2. The fourth-order valence-electron chi connectivity index (χ4n) is 1.30. The molecule has 1 atom stereocenters. The van der Waals surface area contributed by atoms with Crippen LogP contribution in [-0.4, -0.2) is 15.1 Å². The van der Waals surface area contributed by atoms with Crippen LogP contribution in [0.4, 0.5) is 10.1 Å². The molecule has 0 saturated carbocycles. The average molecular weight is 272 g/mol. The number of nitro benzene ring substituents is 1. The number of nitro groups is 1. The number of non-ortho nitro benzene ring substituents is 1. The molecule has 8 heteroatoms. The molecule has 0 bridgehead atoms. The summed E-state index contributed by atoms with van der Waals surface area (Å²) in [6, 6.07) is 3.17. The van der Waals surface area contributed by atoms with Crippen molar-refractivity contribution in [3.05, 3.63) is 40.0 Å². The first kappa shape index (κ1) is 12.4. The van der Waals surface area contributed by atoms with Crippen LogP contribution < -0.4 is 0 Å². The largest absolute Gasteiger partial charge is 0.334 e. The number of benzene rings is 1. The van der Waals surface area contributed by atoms with Crippen molar-refractivity contribution in [3.63, 3.8) is 0 Å². The monoisotopic (exact) mass is 271 g/mol. The predicted molar refractivity (Wildman–Crippen MR) is 60.6 cm³/mol. The number of nitrogens with zero attached hydrogens (tertiary/aromatic N) is 3. The molecule has 1 unspecified atom stereocenters. The van der Waals surface area contributed by atoms with Gasteiger partial charge in [-0.1, -0.05) is 5.16 Å². The Balaban J connectivity index is 2.41. The highest BCUT2D eigenvalue weighted by molar-refractivity contribution is 6.20. The molecule has 6 nitrogen and oxygen atoms in total. The normalized spacial score (nSPS) is 12.4. The van der Waals surface area contributed by atoms with Gasteiger partial charge >= 0.3 is 0 Å². The van der Waals surface area contributed by atoms with Gasteiger partial charge in [0.25, 0.3) is 11.6 Å². The third-order valence-corrected chi connectivity index (χ3v) is 2.39. The van der Waals surface area contributed by atoms with E-state index in [9.17, 15) is 14.5 Å². The van der Waals surface area contributed by atoms with E-state index < -0.39 is 16.1 Å². The Morgan fingerprint density at radius 2 is 2.28 bits per heavy atom. The molecule has 0 N–H and O–H groups in total. The standard InChI is InChI=1S/C10H7ClFN3O3/c1-5(11)9-13-10(18-14-9)7-3-2-6(15(16)17)4-8(7)12/h2-5H,1H3. The second-order valence-electron chi connectivity index (χ2n) is 3.49. The van der Waals surface area contributed by atoms with Crippen LogP contribution in [0.15, 0.2) is 22.7 Å². The zero-order valence-corrected chi connectivity index (χ0v) is 9.89. The first-order valence-electron chi connectivity index (χ1n) is 4.91. The maximum atomic E-state index is 13.6. The van der Waals surface area contributed by atoms with Crippen LogP contribution in [-0.2, 0) is 0 Å². The molecule has 2 rings (SSSR count). The first-order valence-corrected chi connectivity index (χ1v) is 5.34. The highest BCUT2D eigenvalue weighted by atomic mass is 35.5. The van der Waals surface area contributed by atoms with Gasteiger partial charge < -0.3 is 4.52 Å². The molecule has 1 heterocycles. The summed E-state index contributed by atoms with van der Waals surface area (Å²) in [7, 11) is 0. The Morgan fingerprint density at radius 3 is 2.78 bits per heavy atom. The Kier molecular flexibility index (Phi) is 3.24. The van der Waals surface area contributed by atoms with E-state index in [-0.39, 0.29) is 23.0 Å². The van der Waals surface area contributed by atoms with Crippen LogP contribution in [0.2, 0.25) is 0 Å². The Bertz CT molecular complexity index is 600. The lowest BCUT2D eigenvalue weighted by molar-refractivity contribution is -0.385. The van der Waals surface area contributed by atoms with Crippen molar-refractivity contribution < 1.29 is 13.8 Å². The second kappa shape index (κ2) is 4.69. The van der Waals surface area contributed by atoms with Crippen molar-refractivity contribution in [1.82, 2.24) is 10.1 Å². The highest BCUT2D eigenvalue weighted by Crippen LogP contribution is 2.26. The molecule has 0 aliphatic rings. The van der Waals surface area contributed by atoms with E-state index in [1.54, 1.807) is 6.92 Å². The van der Waals surface area contributed by atoms with Gasteiger partial charge in [0.1, 0.15) is 5.82 Å². The van der Waals surface area contributed by atoms with Gasteiger partial charge in [-0.2, -0.15) is 4.98 Å². The molecule has 1 aromatic carbocycles. The number of rotatable bonds is 3. The second-order valence-corrected chi connectivity index (χ2v) is 4.15. The predicted octanol–water partition coefficient (Wildman–Crippen LogP) is 3.08. The molecule has 0 spiro atoms. The SMILES string of the molecule is CC(Cl)c1noc(-c2ccc([N+](=O)[O-])cc2F)n1. The Morgan fingerprint density at radius 1 is 1.56 bits per heavy atom. The maximum Gasteiger partial charge on any atom is 0.272 e. The molecular weight excluding hydrogens is 265 g/mol. The summed E-state index contributed by atoms with van der Waals surface area (Å²) in [5.74, 6) is -0.643. The van der Waals surface area contributed by atoms with Gasteiger partial charge in [0.05, 0.1) is 21.9 Å². The molecule has 0 saturated heterocycles. The van der Waals surface area contributed by atoms with Gasteiger partial charge in [0.2, 0.25) is 0 Å². The smallest absolute Gasteiger partial charge is 0.272 e. The van der Waals surface area contributed by atoms with Crippen LogP contribution in [0.1, 0.15) is 18.1 Å². The molecule has 0 fully saturated rings. The third kappa shape index (κ3) is 2.30. The maximum absolute atomic E-state index is 13.6. The van der Waals surface area contributed by atoms with E-state index in [4.69, 9.17) is 16.1 Å². The zero-order chi connectivity index (χ0) is 13.3. The third-order valence-electron chi connectivity index (χ3n) is 2.19. The number of hydrogen-bond donors (Lipinski definition) is 0. The van der Waals surface area contributed by atoms with E-state index in [0.717, 1.165) is 12.1 Å². The lowest BCUT2D eigenvalue weighted by Gasteiger charge is -1.97. The molecule has 2 aromatic rings. The van der Waals surface area contributed by atoms with Gasteiger partial charge in [0.15, 0.2) is 5.82 Å². The lowest BCUT2D eigenvalue weighted by Crippen LogP contribution is -1.92. The quantitative estimate of drug-likeness (QED) is 0.487. The van der Waals surface area contributed by atoms with E-state index in [1.807, 2.05) is 0 Å².